The molecule has 1 atom stereocenters. The fraction of sp³-hybridized carbons (Fsp3) is 0.231. The summed E-state index contributed by atoms with van der Waals surface area (Å²) in [4.78, 5) is 11.4. The van der Waals surface area contributed by atoms with Crippen LogP contribution in [-0.4, -0.2) is 28.4 Å². The van der Waals surface area contributed by atoms with Gasteiger partial charge in [0.1, 0.15) is 0 Å². The Kier molecular flexibility index (Phi) is 3.23. The molecule has 0 aliphatic carbocycles. The summed E-state index contributed by atoms with van der Waals surface area (Å²) in [6.07, 6.45) is 3.32. The molecule has 1 aliphatic rings. The van der Waals surface area contributed by atoms with Gasteiger partial charge in [0.25, 0.3) is 5.91 Å². The maximum Gasteiger partial charge on any atom is 0.251 e. The number of nitrogens with one attached hydrogen (secondary N) is 1. The molecule has 1 aromatic heterocycles. The summed E-state index contributed by atoms with van der Waals surface area (Å²) >= 11 is 5.93. The van der Waals surface area contributed by atoms with E-state index >= 15 is 0 Å². The molecule has 5 nitrogen and oxygen atoms in total. The van der Waals surface area contributed by atoms with Gasteiger partial charge in [-0.1, -0.05) is 17.7 Å². The Hall–Kier alpha value is -1.85. The quantitative estimate of drug-likeness (QED) is 0.863. The second kappa shape index (κ2) is 5.03. The molecular weight excluding hydrogens is 266 g/mol. The van der Waals surface area contributed by atoms with Gasteiger partial charge in [0.2, 0.25) is 0 Å². The van der Waals surface area contributed by atoms with E-state index in [1.165, 1.54) is 0 Å². The first kappa shape index (κ1) is 12.2. The number of hydrogen-bond acceptors (Lipinski definition) is 3. The SMILES string of the molecule is O=C(NCc1cnn(-c2cccc(Cl)c2)c1)C1CO1. The number of aromatic nitrogens is 2. The van der Waals surface area contributed by atoms with Gasteiger partial charge in [-0.15, -0.1) is 0 Å². The molecule has 1 unspecified atom stereocenters. The van der Waals surface area contributed by atoms with Gasteiger partial charge in [-0.25, -0.2) is 4.68 Å². The smallest absolute Gasteiger partial charge is 0.251 e. The van der Waals surface area contributed by atoms with E-state index in [9.17, 15) is 4.79 Å². The van der Waals surface area contributed by atoms with Gasteiger partial charge in [0.15, 0.2) is 6.10 Å². The first-order valence-corrected chi connectivity index (χ1v) is 6.29. The van der Waals surface area contributed by atoms with E-state index < -0.39 is 0 Å². The zero-order valence-corrected chi connectivity index (χ0v) is 10.8. The Bertz CT molecular complexity index is 607. The number of carbonyl (C=O) groups excluding carboxylic acids is 1. The van der Waals surface area contributed by atoms with Gasteiger partial charge in [0, 0.05) is 23.3 Å². The Morgan fingerprint density at radius 1 is 1.58 bits per heavy atom. The minimum absolute atomic E-state index is 0.0736. The highest BCUT2D eigenvalue weighted by atomic mass is 35.5. The van der Waals surface area contributed by atoms with Crippen LogP contribution in [0, 0.1) is 0 Å². The topological polar surface area (TPSA) is 59.5 Å². The summed E-state index contributed by atoms with van der Waals surface area (Å²) in [6, 6.07) is 7.42. The van der Waals surface area contributed by atoms with E-state index in [0.717, 1.165) is 11.3 Å². The van der Waals surface area contributed by atoms with Crippen molar-refractivity contribution < 1.29 is 9.53 Å². The predicted molar refractivity (Wildman–Crippen MR) is 70.2 cm³/mol. The second-order valence-corrected chi connectivity index (χ2v) is 4.75. The molecule has 1 fully saturated rings. The average Bonchev–Trinajstić information content (AvgIpc) is 3.15. The van der Waals surface area contributed by atoms with Gasteiger partial charge in [-0.3, -0.25) is 4.79 Å². The van der Waals surface area contributed by atoms with E-state index in [2.05, 4.69) is 10.4 Å². The Morgan fingerprint density at radius 2 is 2.42 bits per heavy atom. The Balaban J connectivity index is 1.67. The molecule has 0 radical (unpaired) electrons. The van der Waals surface area contributed by atoms with Crippen LogP contribution in [0.1, 0.15) is 5.56 Å². The summed E-state index contributed by atoms with van der Waals surface area (Å²) in [7, 11) is 0. The molecule has 1 saturated heterocycles. The molecule has 6 heteroatoms. The zero-order valence-electron chi connectivity index (χ0n) is 10.0. The molecular formula is C13H12ClN3O2. The third kappa shape index (κ3) is 2.94. The molecule has 2 aromatic rings. The maximum absolute atomic E-state index is 11.4. The molecule has 2 heterocycles. The fourth-order valence-corrected chi connectivity index (χ4v) is 1.90. The third-order valence-corrected chi connectivity index (χ3v) is 3.04. The highest BCUT2D eigenvalue weighted by molar-refractivity contribution is 6.30. The van der Waals surface area contributed by atoms with Crippen LogP contribution in [0.25, 0.3) is 5.69 Å². The number of hydrogen-bond donors (Lipinski definition) is 1. The largest absolute Gasteiger partial charge is 0.363 e. The van der Waals surface area contributed by atoms with Crippen LogP contribution in [0.3, 0.4) is 0 Å². The third-order valence-electron chi connectivity index (χ3n) is 2.80. The molecule has 0 saturated carbocycles. The standard InChI is InChI=1S/C13H12ClN3O2/c14-10-2-1-3-11(4-10)17-7-9(6-16-17)5-15-13(18)12-8-19-12/h1-4,6-7,12H,5,8H2,(H,15,18). The van der Waals surface area contributed by atoms with Crippen LogP contribution in [0.2, 0.25) is 5.02 Å². The van der Waals surface area contributed by atoms with E-state index in [4.69, 9.17) is 16.3 Å². The summed E-state index contributed by atoms with van der Waals surface area (Å²) in [6.45, 7) is 0.965. The van der Waals surface area contributed by atoms with Crippen molar-refractivity contribution in [1.29, 1.82) is 0 Å². The summed E-state index contributed by atoms with van der Waals surface area (Å²) in [5, 5.41) is 7.70. The number of halogens is 1. The van der Waals surface area contributed by atoms with Crippen LogP contribution in [0.4, 0.5) is 0 Å². The molecule has 19 heavy (non-hydrogen) atoms. The zero-order chi connectivity index (χ0) is 13.2. The molecule has 0 bridgehead atoms. The van der Waals surface area contributed by atoms with E-state index in [1.807, 2.05) is 30.5 Å². The molecule has 1 amide bonds. The molecule has 1 aromatic carbocycles. The molecule has 1 aliphatic heterocycles. The van der Waals surface area contributed by atoms with E-state index in [1.54, 1.807) is 10.9 Å². The Morgan fingerprint density at radius 3 is 3.16 bits per heavy atom. The molecule has 3 rings (SSSR count). The first-order chi connectivity index (χ1) is 9.22. The number of rotatable bonds is 4. The van der Waals surface area contributed by atoms with E-state index in [-0.39, 0.29) is 12.0 Å². The lowest BCUT2D eigenvalue weighted by molar-refractivity contribution is -0.122. The van der Waals surface area contributed by atoms with Crippen molar-refractivity contribution in [3.8, 4) is 5.69 Å². The first-order valence-electron chi connectivity index (χ1n) is 5.91. The second-order valence-electron chi connectivity index (χ2n) is 4.31. The van der Waals surface area contributed by atoms with Gasteiger partial charge in [-0.2, -0.15) is 5.10 Å². The molecule has 0 spiro atoms. The summed E-state index contributed by atoms with van der Waals surface area (Å²) in [5.41, 5.74) is 1.81. The lowest BCUT2D eigenvalue weighted by atomic mass is 10.3. The number of amides is 1. The minimum atomic E-state index is -0.261. The van der Waals surface area contributed by atoms with Crippen LogP contribution in [0.5, 0.6) is 0 Å². The van der Waals surface area contributed by atoms with Crippen LogP contribution in [-0.2, 0) is 16.1 Å². The van der Waals surface area contributed by atoms with E-state index in [0.29, 0.717) is 18.2 Å². The Labute approximate surface area is 115 Å². The number of epoxide rings is 1. The normalized spacial score (nSPS) is 17.2. The van der Waals surface area contributed by atoms with Crippen LogP contribution >= 0.6 is 11.6 Å². The van der Waals surface area contributed by atoms with Gasteiger partial charge < -0.3 is 10.1 Å². The lowest BCUT2D eigenvalue weighted by Gasteiger charge is -2.01. The van der Waals surface area contributed by atoms with Gasteiger partial charge in [-0.05, 0) is 18.2 Å². The van der Waals surface area contributed by atoms with Crippen LogP contribution < -0.4 is 5.32 Å². The number of benzene rings is 1. The number of nitrogens with zero attached hydrogens (tertiary/aromatic N) is 2. The van der Waals surface area contributed by atoms with Crippen molar-refractivity contribution in [3.05, 3.63) is 47.2 Å². The molecule has 98 valence electrons. The number of ether oxygens (including phenoxy) is 1. The number of carbonyl (C=O) groups is 1. The van der Waals surface area contributed by atoms with Gasteiger partial charge >= 0.3 is 0 Å². The predicted octanol–water partition coefficient (Wildman–Crippen LogP) is 1.54. The monoisotopic (exact) mass is 277 g/mol. The van der Waals surface area contributed by atoms with Crippen molar-refractivity contribution in [3.63, 3.8) is 0 Å². The van der Waals surface area contributed by atoms with Crippen LogP contribution in [0.15, 0.2) is 36.7 Å². The summed E-state index contributed by atoms with van der Waals surface area (Å²) in [5.74, 6) is -0.0736. The fourth-order valence-electron chi connectivity index (χ4n) is 1.71. The van der Waals surface area contributed by atoms with Crippen molar-refractivity contribution in [2.75, 3.05) is 6.61 Å². The lowest BCUT2D eigenvalue weighted by Crippen LogP contribution is -2.27. The van der Waals surface area contributed by atoms with Gasteiger partial charge in [0.05, 0.1) is 18.5 Å². The minimum Gasteiger partial charge on any atom is -0.363 e. The summed E-state index contributed by atoms with van der Waals surface area (Å²) < 4.78 is 6.62. The van der Waals surface area contributed by atoms with Crippen molar-refractivity contribution >= 4 is 17.5 Å². The van der Waals surface area contributed by atoms with Crippen molar-refractivity contribution in [1.82, 2.24) is 15.1 Å². The van der Waals surface area contributed by atoms with Crippen molar-refractivity contribution in [2.45, 2.75) is 12.6 Å². The highest BCUT2D eigenvalue weighted by Gasteiger charge is 2.30. The van der Waals surface area contributed by atoms with Crippen molar-refractivity contribution in [2.24, 2.45) is 0 Å². The molecule has 1 N–H and O–H groups in total. The average molecular weight is 278 g/mol. The highest BCUT2D eigenvalue weighted by Crippen LogP contribution is 2.15. The maximum atomic E-state index is 11.4.